The normalized spacial score (nSPS) is 12.1. The zero-order valence-electron chi connectivity index (χ0n) is 11.8. The van der Waals surface area contributed by atoms with E-state index < -0.39 is 10.8 Å². The van der Waals surface area contributed by atoms with Crippen LogP contribution >= 0.6 is 15.9 Å². The second-order valence-corrected chi connectivity index (χ2v) is 7.38. The minimum absolute atomic E-state index is 0.100. The Balaban J connectivity index is 1.83. The lowest BCUT2D eigenvalue weighted by Gasteiger charge is -2.03. The fraction of sp³-hybridized carbons (Fsp3) is 0.235. The van der Waals surface area contributed by atoms with Crippen LogP contribution < -0.4 is 0 Å². The van der Waals surface area contributed by atoms with Crippen LogP contribution in [0.5, 0.6) is 0 Å². The molecule has 0 heterocycles. The van der Waals surface area contributed by atoms with E-state index in [1.807, 2.05) is 55.5 Å². The van der Waals surface area contributed by atoms with Crippen LogP contribution in [0.1, 0.15) is 28.8 Å². The van der Waals surface area contributed by atoms with E-state index in [2.05, 4.69) is 15.9 Å². The zero-order valence-corrected chi connectivity index (χ0v) is 14.2. The third kappa shape index (κ3) is 4.90. The van der Waals surface area contributed by atoms with Crippen molar-refractivity contribution in [3.63, 3.8) is 0 Å². The first-order valence-electron chi connectivity index (χ1n) is 6.80. The number of rotatable bonds is 6. The van der Waals surface area contributed by atoms with E-state index in [0.29, 0.717) is 24.2 Å². The Bertz CT molecular complexity index is 575. The predicted molar refractivity (Wildman–Crippen MR) is 90.2 cm³/mol. The van der Waals surface area contributed by atoms with Gasteiger partial charge in [-0.05, 0) is 37.6 Å². The zero-order chi connectivity index (χ0) is 15.2. The summed E-state index contributed by atoms with van der Waals surface area (Å²) < 4.78 is 13.1. The van der Waals surface area contributed by atoms with Crippen molar-refractivity contribution >= 4 is 32.5 Å². The highest BCUT2D eigenvalue weighted by Crippen LogP contribution is 2.14. The molecular formula is C17H17BrO2S. The van der Waals surface area contributed by atoms with E-state index in [-0.39, 0.29) is 5.78 Å². The molecule has 2 aromatic carbocycles. The van der Waals surface area contributed by atoms with Crippen molar-refractivity contribution in [3.05, 3.63) is 64.1 Å². The molecule has 21 heavy (non-hydrogen) atoms. The molecular weight excluding hydrogens is 348 g/mol. The molecule has 0 amide bonds. The predicted octanol–water partition coefficient (Wildman–Crippen LogP) is 4.53. The third-order valence-corrected chi connectivity index (χ3v) is 5.17. The monoisotopic (exact) mass is 364 g/mol. The van der Waals surface area contributed by atoms with E-state index in [0.717, 1.165) is 14.9 Å². The average molecular weight is 365 g/mol. The molecule has 0 aliphatic heterocycles. The molecule has 0 aromatic heterocycles. The molecule has 0 radical (unpaired) electrons. The van der Waals surface area contributed by atoms with Crippen molar-refractivity contribution in [2.45, 2.75) is 24.7 Å². The SMILES string of the molecule is Cc1ccc(S(=O)CCCC(=O)c2ccc(Br)cc2)cc1. The second kappa shape index (κ2) is 7.66. The Labute approximate surface area is 136 Å². The summed E-state index contributed by atoms with van der Waals surface area (Å²) in [5.74, 6) is 0.620. The molecule has 0 saturated heterocycles. The average Bonchev–Trinajstić information content (AvgIpc) is 2.48. The van der Waals surface area contributed by atoms with Crippen LogP contribution in [0.3, 0.4) is 0 Å². The summed E-state index contributed by atoms with van der Waals surface area (Å²) in [6.07, 6.45) is 1.06. The lowest BCUT2D eigenvalue weighted by Crippen LogP contribution is -2.04. The molecule has 110 valence electrons. The van der Waals surface area contributed by atoms with Crippen LogP contribution in [-0.4, -0.2) is 15.7 Å². The molecule has 0 aliphatic rings. The largest absolute Gasteiger partial charge is 0.294 e. The smallest absolute Gasteiger partial charge is 0.162 e. The van der Waals surface area contributed by atoms with Gasteiger partial charge in [0.1, 0.15) is 0 Å². The van der Waals surface area contributed by atoms with Gasteiger partial charge in [-0.3, -0.25) is 9.00 Å². The number of benzene rings is 2. The number of carbonyl (C=O) groups excluding carboxylic acids is 1. The maximum Gasteiger partial charge on any atom is 0.162 e. The van der Waals surface area contributed by atoms with Crippen LogP contribution in [0.4, 0.5) is 0 Å². The highest BCUT2D eigenvalue weighted by atomic mass is 79.9. The number of halogens is 1. The number of ketones is 1. The molecule has 0 aliphatic carbocycles. The molecule has 0 fully saturated rings. The first-order chi connectivity index (χ1) is 10.1. The van der Waals surface area contributed by atoms with Crippen LogP contribution in [-0.2, 0) is 10.8 Å². The molecule has 2 rings (SSSR count). The molecule has 1 unspecified atom stereocenters. The third-order valence-electron chi connectivity index (χ3n) is 3.18. The molecule has 0 spiro atoms. The number of carbonyl (C=O) groups is 1. The Morgan fingerprint density at radius 3 is 2.29 bits per heavy atom. The highest BCUT2D eigenvalue weighted by Gasteiger charge is 2.08. The van der Waals surface area contributed by atoms with Gasteiger partial charge in [-0.25, -0.2) is 0 Å². The van der Waals surface area contributed by atoms with Gasteiger partial charge in [-0.1, -0.05) is 45.8 Å². The minimum atomic E-state index is -1.03. The van der Waals surface area contributed by atoms with Gasteiger partial charge in [-0.15, -0.1) is 0 Å². The summed E-state index contributed by atoms with van der Waals surface area (Å²) in [4.78, 5) is 12.8. The summed E-state index contributed by atoms with van der Waals surface area (Å²) in [5, 5.41) is 0. The molecule has 2 aromatic rings. The molecule has 1 atom stereocenters. The van der Waals surface area contributed by atoms with E-state index in [4.69, 9.17) is 0 Å². The van der Waals surface area contributed by atoms with Crippen LogP contribution in [0.15, 0.2) is 57.9 Å². The summed E-state index contributed by atoms with van der Waals surface area (Å²) in [6, 6.07) is 15.0. The quantitative estimate of drug-likeness (QED) is 0.705. The van der Waals surface area contributed by atoms with Crippen molar-refractivity contribution in [2.24, 2.45) is 0 Å². The van der Waals surface area contributed by atoms with Crippen LogP contribution in [0.25, 0.3) is 0 Å². The van der Waals surface area contributed by atoms with Gasteiger partial charge in [0, 0.05) is 27.1 Å². The van der Waals surface area contributed by atoms with Crippen molar-refractivity contribution in [1.82, 2.24) is 0 Å². The summed E-state index contributed by atoms with van der Waals surface area (Å²) in [7, 11) is -1.03. The van der Waals surface area contributed by atoms with E-state index >= 15 is 0 Å². The standard InChI is InChI=1S/C17H17BrO2S/c1-13-4-10-16(11-5-13)21(20)12-2-3-17(19)14-6-8-15(18)9-7-14/h4-11H,2-3,12H2,1H3. The van der Waals surface area contributed by atoms with Crippen molar-refractivity contribution in [1.29, 1.82) is 0 Å². The van der Waals surface area contributed by atoms with Gasteiger partial charge in [0.2, 0.25) is 0 Å². The fourth-order valence-corrected chi connectivity index (χ4v) is 3.30. The Morgan fingerprint density at radius 1 is 1.05 bits per heavy atom. The number of aryl methyl sites for hydroxylation is 1. The van der Waals surface area contributed by atoms with E-state index in [9.17, 15) is 9.00 Å². The Hall–Kier alpha value is -1.26. The van der Waals surface area contributed by atoms with Gasteiger partial charge in [0.15, 0.2) is 5.78 Å². The van der Waals surface area contributed by atoms with Gasteiger partial charge >= 0.3 is 0 Å². The van der Waals surface area contributed by atoms with E-state index in [1.54, 1.807) is 0 Å². The number of hydrogen-bond acceptors (Lipinski definition) is 2. The molecule has 0 bridgehead atoms. The maximum absolute atomic E-state index is 12.1. The molecule has 0 saturated carbocycles. The lowest BCUT2D eigenvalue weighted by atomic mass is 10.1. The van der Waals surface area contributed by atoms with Gasteiger partial charge in [-0.2, -0.15) is 0 Å². The highest BCUT2D eigenvalue weighted by molar-refractivity contribution is 9.10. The summed E-state index contributed by atoms with van der Waals surface area (Å²) in [6.45, 7) is 2.00. The Kier molecular flexibility index (Phi) is 5.88. The van der Waals surface area contributed by atoms with Gasteiger partial charge < -0.3 is 0 Å². The molecule has 4 heteroatoms. The van der Waals surface area contributed by atoms with Crippen molar-refractivity contribution in [3.8, 4) is 0 Å². The molecule has 2 nitrogen and oxygen atoms in total. The van der Waals surface area contributed by atoms with E-state index in [1.165, 1.54) is 0 Å². The summed E-state index contributed by atoms with van der Waals surface area (Å²) in [5.41, 5.74) is 1.86. The minimum Gasteiger partial charge on any atom is -0.294 e. The number of Topliss-reactive ketones (excluding diaryl/α,β-unsaturated/α-hetero) is 1. The van der Waals surface area contributed by atoms with Gasteiger partial charge in [0.05, 0.1) is 10.8 Å². The topological polar surface area (TPSA) is 34.1 Å². The van der Waals surface area contributed by atoms with Crippen LogP contribution in [0.2, 0.25) is 0 Å². The van der Waals surface area contributed by atoms with Crippen molar-refractivity contribution < 1.29 is 9.00 Å². The Morgan fingerprint density at radius 2 is 1.67 bits per heavy atom. The number of hydrogen-bond donors (Lipinski definition) is 0. The second-order valence-electron chi connectivity index (χ2n) is 4.90. The molecule has 0 N–H and O–H groups in total. The first-order valence-corrected chi connectivity index (χ1v) is 8.91. The van der Waals surface area contributed by atoms with Crippen molar-refractivity contribution in [2.75, 3.05) is 5.75 Å². The first kappa shape index (κ1) is 16.1. The van der Waals surface area contributed by atoms with Crippen LogP contribution in [0, 0.1) is 6.92 Å². The lowest BCUT2D eigenvalue weighted by molar-refractivity contribution is 0.0982. The summed E-state index contributed by atoms with van der Waals surface area (Å²) >= 11 is 3.35. The van der Waals surface area contributed by atoms with Gasteiger partial charge in [0.25, 0.3) is 0 Å². The maximum atomic E-state index is 12.1. The fourth-order valence-electron chi connectivity index (χ4n) is 1.95.